The molecule has 2 aromatic carbocycles. The Morgan fingerprint density at radius 1 is 1.00 bits per heavy atom. The fraction of sp³-hybridized carbons (Fsp3) is 0.333. The molecular formula is C24H24N4O4S4. The summed E-state index contributed by atoms with van der Waals surface area (Å²) in [6.45, 7) is 5.06. The Hall–Kier alpha value is -2.38. The third-order valence-electron chi connectivity index (χ3n) is 5.31. The van der Waals surface area contributed by atoms with Crippen molar-refractivity contribution >= 4 is 84.1 Å². The lowest BCUT2D eigenvalue weighted by Gasteiger charge is -2.26. The molecule has 0 atom stereocenters. The maximum absolute atomic E-state index is 12.6. The van der Waals surface area contributed by atoms with Crippen LogP contribution in [0.25, 0.3) is 20.4 Å². The van der Waals surface area contributed by atoms with Crippen LogP contribution >= 0.6 is 46.2 Å². The molecule has 1 aliphatic heterocycles. The highest BCUT2D eigenvalue weighted by Crippen LogP contribution is 2.33. The van der Waals surface area contributed by atoms with Crippen molar-refractivity contribution in [2.45, 2.75) is 15.6 Å². The predicted molar refractivity (Wildman–Crippen MR) is 148 cm³/mol. The summed E-state index contributed by atoms with van der Waals surface area (Å²) in [7, 11) is 0. The lowest BCUT2D eigenvalue weighted by Crippen LogP contribution is -2.41. The number of fused-ring (bicyclic) bond motifs is 2. The highest BCUT2D eigenvalue weighted by Gasteiger charge is 2.18. The molecule has 2 amide bonds. The van der Waals surface area contributed by atoms with Gasteiger partial charge >= 0.3 is 0 Å². The summed E-state index contributed by atoms with van der Waals surface area (Å²) in [5.74, 6) is 1.47. The first kappa shape index (κ1) is 25.3. The number of ether oxygens (including phenoxy) is 2. The van der Waals surface area contributed by atoms with E-state index < -0.39 is 0 Å². The van der Waals surface area contributed by atoms with Crippen LogP contribution in [0.5, 0.6) is 5.75 Å². The van der Waals surface area contributed by atoms with Crippen LogP contribution in [0.1, 0.15) is 6.92 Å². The standard InChI is InChI=1S/C24H24N4O4S4/c1-2-32-16-4-6-18-20(12-16)36-23(27-18)33-13-21(29)25-15-3-5-17-19(11-15)35-24(26-17)34-14-22(30)28-7-9-31-10-8-28/h3-6,11-12H,2,7-10,13-14H2,1H3,(H,25,29). The second-order valence-corrected chi connectivity index (χ2v) is 12.3. The third-order valence-corrected chi connectivity index (χ3v) is 9.62. The molecule has 1 aliphatic rings. The zero-order valence-corrected chi connectivity index (χ0v) is 22.8. The first-order valence-electron chi connectivity index (χ1n) is 11.4. The number of hydrogen-bond donors (Lipinski definition) is 1. The SMILES string of the molecule is CCOc1ccc2nc(SCC(=O)Nc3ccc4nc(SCC(=O)N5CCOCC5)sc4c3)sc2c1. The van der Waals surface area contributed by atoms with Crippen molar-refractivity contribution in [2.24, 2.45) is 0 Å². The van der Waals surface area contributed by atoms with E-state index in [2.05, 4.69) is 15.3 Å². The average Bonchev–Trinajstić information content (AvgIpc) is 3.49. The molecule has 0 bridgehead atoms. The number of thioether (sulfide) groups is 2. The number of hydrogen-bond acceptors (Lipinski definition) is 10. The van der Waals surface area contributed by atoms with Gasteiger partial charge in [0.25, 0.3) is 0 Å². The van der Waals surface area contributed by atoms with Crippen LogP contribution in [0.3, 0.4) is 0 Å². The van der Waals surface area contributed by atoms with Gasteiger partial charge in [-0.25, -0.2) is 9.97 Å². The maximum Gasteiger partial charge on any atom is 0.234 e. The van der Waals surface area contributed by atoms with E-state index in [9.17, 15) is 9.59 Å². The van der Waals surface area contributed by atoms with E-state index in [1.54, 1.807) is 11.3 Å². The average molecular weight is 561 g/mol. The van der Waals surface area contributed by atoms with Crippen molar-refractivity contribution in [1.29, 1.82) is 0 Å². The van der Waals surface area contributed by atoms with Crippen molar-refractivity contribution in [3.63, 3.8) is 0 Å². The van der Waals surface area contributed by atoms with E-state index in [1.165, 1.54) is 34.9 Å². The van der Waals surface area contributed by atoms with E-state index in [0.717, 1.165) is 40.5 Å². The van der Waals surface area contributed by atoms with Gasteiger partial charge in [0, 0.05) is 18.8 Å². The van der Waals surface area contributed by atoms with E-state index in [1.807, 2.05) is 48.2 Å². The number of morpholine rings is 1. The minimum atomic E-state index is -0.0937. The topological polar surface area (TPSA) is 93.7 Å². The van der Waals surface area contributed by atoms with Crippen LogP contribution in [-0.2, 0) is 14.3 Å². The maximum atomic E-state index is 12.6. The van der Waals surface area contributed by atoms with Gasteiger partial charge in [-0.05, 0) is 43.3 Å². The molecule has 0 unspecified atom stereocenters. The van der Waals surface area contributed by atoms with Gasteiger partial charge in [0.05, 0.1) is 51.8 Å². The molecule has 12 heteroatoms. The number of amides is 2. The highest BCUT2D eigenvalue weighted by atomic mass is 32.2. The zero-order chi connectivity index (χ0) is 24.9. The van der Waals surface area contributed by atoms with Crippen molar-refractivity contribution in [3.05, 3.63) is 36.4 Å². The van der Waals surface area contributed by atoms with Crippen molar-refractivity contribution < 1.29 is 19.1 Å². The van der Waals surface area contributed by atoms with E-state index in [4.69, 9.17) is 9.47 Å². The molecule has 36 heavy (non-hydrogen) atoms. The van der Waals surface area contributed by atoms with Crippen LogP contribution in [0.4, 0.5) is 5.69 Å². The normalized spacial score (nSPS) is 13.9. The summed E-state index contributed by atoms with van der Waals surface area (Å²) in [5, 5.41) is 2.96. The van der Waals surface area contributed by atoms with Gasteiger partial charge in [-0.1, -0.05) is 23.5 Å². The molecule has 0 saturated carbocycles. The number of nitrogens with one attached hydrogen (secondary N) is 1. The second-order valence-electron chi connectivity index (χ2n) is 7.82. The predicted octanol–water partition coefficient (Wildman–Crippen LogP) is 4.99. The highest BCUT2D eigenvalue weighted by molar-refractivity contribution is 8.02. The smallest absolute Gasteiger partial charge is 0.234 e. The third kappa shape index (κ3) is 6.30. The molecule has 0 aliphatic carbocycles. The Morgan fingerprint density at radius 2 is 1.67 bits per heavy atom. The molecule has 0 radical (unpaired) electrons. The van der Waals surface area contributed by atoms with Crippen LogP contribution in [0, 0.1) is 0 Å². The summed E-state index contributed by atoms with van der Waals surface area (Å²) < 4.78 is 14.6. The number of anilines is 1. The summed E-state index contributed by atoms with van der Waals surface area (Å²) in [5.41, 5.74) is 2.49. The Bertz CT molecular complexity index is 1380. The largest absolute Gasteiger partial charge is 0.494 e. The van der Waals surface area contributed by atoms with Gasteiger partial charge in [-0.3, -0.25) is 9.59 Å². The lowest BCUT2D eigenvalue weighted by molar-refractivity contribution is -0.132. The molecule has 1 saturated heterocycles. The molecule has 1 N–H and O–H groups in total. The van der Waals surface area contributed by atoms with Gasteiger partial charge in [0.15, 0.2) is 8.68 Å². The summed E-state index contributed by atoms with van der Waals surface area (Å²) >= 11 is 5.95. The Balaban J connectivity index is 1.15. The minimum absolute atomic E-state index is 0.0937. The molecule has 8 nitrogen and oxygen atoms in total. The van der Waals surface area contributed by atoms with Gasteiger partial charge in [-0.15, -0.1) is 22.7 Å². The molecule has 2 aromatic heterocycles. The summed E-state index contributed by atoms with van der Waals surface area (Å²) in [6, 6.07) is 11.5. The lowest BCUT2D eigenvalue weighted by atomic mass is 10.3. The second kappa shape index (κ2) is 11.8. The molecule has 5 rings (SSSR count). The number of rotatable bonds is 9. The van der Waals surface area contributed by atoms with Crippen molar-refractivity contribution in [2.75, 3.05) is 49.7 Å². The molecular weight excluding hydrogens is 537 g/mol. The monoisotopic (exact) mass is 560 g/mol. The van der Waals surface area contributed by atoms with Crippen molar-refractivity contribution in [1.82, 2.24) is 14.9 Å². The number of aromatic nitrogens is 2. The number of nitrogens with zero attached hydrogens (tertiary/aromatic N) is 3. The number of carbonyl (C=O) groups is 2. The Labute approximate surface area is 224 Å². The molecule has 0 spiro atoms. The first-order chi connectivity index (χ1) is 17.6. The van der Waals surface area contributed by atoms with E-state index in [0.29, 0.717) is 38.7 Å². The van der Waals surface area contributed by atoms with Gasteiger partial charge < -0.3 is 19.7 Å². The summed E-state index contributed by atoms with van der Waals surface area (Å²) in [4.78, 5) is 36.0. The zero-order valence-electron chi connectivity index (χ0n) is 19.5. The van der Waals surface area contributed by atoms with Crippen molar-refractivity contribution in [3.8, 4) is 5.75 Å². The van der Waals surface area contributed by atoms with Gasteiger partial charge in [0.1, 0.15) is 5.75 Å². The Kier molecular flexibility index (Phi) is 8.27. The van der Waals surface area contributed by atoms with Crippen LogP contribution in [0.2, 0.25) is 0 Å². The number of benzene rings is 2. The minimum Gasteiger partial charge on any atom is -0.494 e. The molecule has 4 aromatic rings. The quantitative estimate of drug-likeness (QED) is 0.286. The van der Waals surface area contributed by atoms with Crippen LogP contribution < -0.4 is 10.1 Å². The molecule has 1 fully saturated rings. The van der Waals surface area contributed by atoms with E-state index >= 15 is 0 Å². The number of thiazole rings is 2. The van der Waals surface area contributed by atoms with E-state index in [-0.39, 0.29) is 17.6 Å². The Morgan fingerprint density at radius 3 is 2.39 bits per heavy atom. The first-order valence-corrected chi connectivity index (χ1v) is 15.0. The number of carbonyl (C=O) groups excluding carboxylic acids is 2. The molecule has 3 heterocycles. The fourth-order valence-electron chi connectivity index (χ4n) is 3.60. The van der Waals surface area contributed by atoms with Crippen LogP contribution in [0.15, 0.2) is 45.1 Å². The fourth-order valence-corrected chi connectivity index (χ4v) is 7.50. The summed E-state index contributed by atoms with van der Waals surface area (Å²) in [6.07, 6.45) is 0. The molecule has 188 valence electrons. The van der Waals surface area contributed by atoms with Gasteiger partial charge in [-0.2, -0.15) is 0 Å². The van der Waals surface area contributed by atoms with Gasteiger partial charge in [0.2, 0.25) is 11.8 Å². The van der Waals surface area contributed by atoms with Crippen LogP contribution in [-0.4, -0.2) is 71.1 Å².